The molecule has 0 saturated heterocycles. The maximum Gasteiger partial charge on any atom is 0.357 e. The number of methoxy groups -OCH3 is 2. The highest BCUT2D eigenvalue weighted by Crippen LogP contribution is 2.32. The van der Waals surface area contributed by atoms with Crippen LogP contribution >= 0.6 is 11.3 Å². The fraction of sp³-hybridized carbons (Fsp3) is 0.167. The standard InChI is InChI=1S/C12H12N2O4S/c1-17-8-4-3-7(5-9(8)18-2)14-11-10(12(15)16)13-6-19-11/h3-6,14H,1-2H3,(H,15,16). The fourth-order valence-electron chi connectivity index (χ4n) is 1.53. The second-order valence-electron chi connectivity index (χ2n) is 3.53. The summed E-state index contributed by atoms with van der Waals surface area (Å²) in [5.41, 5.74) is 2.18. The third kappa shape index (κ3) is 2.76. The molecule has 0 atom stereocenters. The molecule has 1 aromatic heterocycles. The quantitative estimate of drug-likeness (QED) is 0.876. The first-order valence-electron chi connectivity index (χ1n) is 5.31. The highest BCUT2D eigenvalue weighted by atomic mass is 32.1. The molecule has 1 heterocycles. The van der Waals surface area contributed by atoms with Crippen molar-refractivity contribution in [3.8, 4) is 11.5 Å². The summed E-state index contributed by atoms with van der Waals surface area (Å²) >= 11 is 1.22. The van der Waals surface area contributed by atoms with E-state index >= 15 is 0 Å². The van der Waals surface area contributed by atoms with E-state index in [1.807, 2.05) is 0 Å². The van der Waals surface area contributed by atoms with Gasteiger partial charge in [0.05, 0.1) is 19.7 Å². The van der Waals surface area contributed by atoms with Crippen LogP contribution in [-0.2, 0) is 0 Å². The molecule has 19 heavy (non-hydrogen) atoms. The molecule has 0 fully saturated rings. The van der Waals surface area contributed by atoms with E-state index in [4.69, 9.17) is 14.6 Å². The van der Waals surface area contributed by atoms with Gasteiger partial charge >= 0.3 is 5.97 Å². The summed E-state index contributed by atoms with van der Waals surface area (Å²) in [6, 6.07) is 5.24. The lowest BCUT2D eigenvalue weighted by Crippen LogP contribution is -2.01. The van der Waals surface area contributed by atoms with Gasteiger partial charge in [0.15, 0.2) is 17.2 Å². The summed E-state index contributed by atoms with van der Waals surface area (Å²) in [6.07, 6.45) is 0. The van der Waals surface area contributed by atoms with E-state index in [0.717, 1.165) is 0 Å². The number of carbonyl (C=O) groups is 1. The van der Waals surface area contributed by atoms with Crippen LogP contribution in [0.5, 0.6) is 11.5 Å². The second kappa shape index (κ2) is 5.57. The number of hydrogen-bond donors (Lipinski definition) is 2. The second-order valence-corrected chi connectivity index (χ2v) is 4.38. The lowest BCUT2D eigenvalue weighted by Gasteiger charge is -2.10. The average Bonchev–Trinajstić information content (AvgIpc) is 2.87. The monoisotopic (exact) mass is 280 g/mol. The van der Waals surface area contributed by atoms with Crippen LogP contribution in [0.2, 0.25) is 0 Å². The van der Waals surface area contributed by atoms with Crippen molar-refractivity contribution in [2.75, 3.05) is 19.5 Å². The molecule has 1 aromatic carbocycles. The van der Waals surface area contributed by atoms with Crippen LogP contribution in [0.1, 0.15) is 10.5 Å². The fourth-order valence-corrected chi connectivity index (χ4v) is 2.22. The van der Waals surface area contributed by atoms with E-state index in [9.17, 15) is 4.79 Å². The Bertz CT molecular complexity index is 597. The molecule has 2 aromatic rings. The number of nitrogens with zero attached hydrogens (tertiary/aromatic N) is 1. The number of nitrogens with one attached hydrogen (secondary N) is 1. The maximum atomic E-state index is 11.0. The number of hydrogen-bond acceptors (Lipinski definition) is 6. The minimum Gasteiger partial charge on any atom is -0.493 e. The summed E-state index contributed by atoms with van der Waals surface area (Å²) in [7, 11) is 3.09. The molecule has 0 aliphatic carbocycles. The maximum absolute atomic E-state index is 11.0. The van der Waals surface area contributed by atoms with Gasteiger partial charge < -0.3 is 19.9 Å². The minimum absolute atomic E-state index is 0.000199. The first kappa shape index (κ1) is 13.2. The van der Waals surface area contributed by atoms with Crippen LogP contribution in [0, 0.1) is 0 Å². The SMILES string of the molecule is COc1ccc(Nc2scnc2C(=O)O)cc1OC. The highest BCUT2D eigenvalue weighted by molar-refractivity contribution is 7.14. The Labute approximate surface area is 113 Å². The summed E-state index contributed by atoms with van der Waals surface area (Å²) in [5.74, 6) is 0.105. The lowest BCUT2D eigenvalue weighted by atomic mass is 10.2. The average molecular weight is 280 g/mol. The van der Waals surface area contributed by atoms with Gasteiger partial charge in [-0.25, -0.2) is 9.78 Å². The molecule has 0 bridgehead atoms. The van der Waals surface area contributed by atoms with Crippen molar-refractivity contribution >= 4 is 28.0 Å². The number of ether oxygens (including phenoxy) is 2. The first-order valence-corrected chi connectivity index (χ1v) is 6.19. The molecule has 6 nitrogen and oxygen atoms in total. The Morgan fingerprint density at radius 1 is 1.32 bits per heavy atom. The van der Waals surface area contributed by atoms with Crippen LogP contribution < -0.4 is 14.8 Å². The van der Waals surface area contributed by atoms with E-state index in [1.165, 1.54) is 24.0 Å². The Balaban J connectivity index is 2.28. The molecular formula is C12H12N2O4S. The third-order valence-corrected chi connectivity index (χ3v) is 3.15. The Kier molecular flexibility index (Phi) is 3.86. The number of rotatable bonds is 5. The van der Waals surface area contributed by atoms with E-state index in [2.05, 4.69) is 10.3 Å². The number of anilines is 2. The van der Waals surface area contributed by atoms with Gasteiger partial charge in [-0.05, 0) is 12.1 Å². The van der Waals surface area contributed by atoms with Crippen molar-refractivity contribution in [3.05, 3.63) is 29.4 Å². The number of benzene rings is 1. The van der Waals surface area contributed by atoms with Gasteiger partial charge in [0.2, 0.25) is 0 Å². The van der Waals surface area contributed by atoms with E-state index in [0.29, 0.717) is 22.2 Å². The van der Waals surface area contributed by atoms with E-state index in [1.54, 1.807) is 25.3 Å². The summed E-state index contributed by atoms with van der Waals surface area (Å²) in [4.78, 5) is 14.7. The molecule has 7 heteroatoms. The summed E-state index contributed by atoms with van der Waals surface area (Å²) in [5, 5.41) is 12.4. The van der Waals surface area contributed by atoms with Gasteiger partial charge in [-0.15, -0.1) is 11.3 Å². The first-order chi connectivity index (χ1) is 9.15. The smallest absolute Gasteiger partial charge is 0.357 e. The highest BCUT2D eigenvalue weighted by Gasteiger charge is 2.14. The summed E-state index contributed by atoms with van der Waals surface area (Å²) in [6.45, 7) is 0. The Hall–Kier alpha value is -2.28. The van der Waals surface area contributed by atoms with Crippen LogP contribution in [0.25, 0.3) is 0 Å². The molecule has 0 aliphatic rings. The Morgan fingerprint density at radius 3 is 2.68 bits per heavy atom. The van der Waals surface area contributed by atoms with Crippen LogP contribution in [0.15, 0.2) is 23.7 Å². The number of aromatic carboxylic acids is 1. The van der Waals surface area contributed by atoms with Gasteiger partial charge in [0, 0.05) is 11.8 Å². The van der Waals surface area contributed by atoms with Gasteiger partial charge in [0.1, 0.15) is 5.00 Å². The van der Waals surface area contributed by atoms with E-state index in [-0.39, 0.29) is 5.69 Å². The lowest BCUT2D eigenvalue weighted by molar-refractivity contribution is 0.0692. The van der Waals surface area contributed by atoms with Crippen molar-refractivity contribution in [1.82, 2.24) is 4.98 Å². The molecule has 0 unspecified atom stereocenters. The third-order valence-electron chi connectivity index (χ3n) is 2.41. The molecule has 2 rings (SSSR count). The van der Waals surface area contributed by atoms with Crippen LogP contribution in [0.4, 0.5) is 10.7 Å². The van der Waals surface area contributed by atoms with Gasteiger partial charge in [-0.3, -0.25) is 0 Å². The minimum atomic E-state index is -1.07. The van der Waals surface area contributed by atoms with Crippen molar-refractivity contribution in [2.24, 2.45) is 0 Å². The van der Waals surface area contributed by atoms with Gasteiger partial charge in [-0.1, -0.05) is 0 Å². The van der Waals surface area contributed by atoms with Crippen molar-refractivity contribution < 1.29 is 19.4 Å². The van der Waals surface area contributed by atoms with Crippen molar-refractivity contribution in [2.45, 2.75) is 0 Å². The van der Waals surface area contributed by atoms with E-state index < -0.39 is 5.97 Å². The number of carboxylic acids is 1. The zero-order valence-electron chi connectivity index (χ0n) is 10.3. The predicted molar refractivity (Wildman–Crippen MR) is 71.9 cm³/mol. The largest absolute Gasteiger partial charge is 0.493 e. The Morgan fingerprint density at radius 2 is 2.05 bits per heavy atom. The zero-order chi connectivity index (χ0) is 13.8. The summed E-state index contributed by atoms with van der Waals surface area (Å²) < 4.78 is 10.3. The molecule has 0 saturated carbocycles. The van der Waals surface area contributed by atoms with Crippen molar-refractivity contribution in [3.63, 3.8) is 0 Å². The predicted octanol–water partition coefficient (Wildman–Crippen LogP) is 2.60. The molecule has 0 aliphatic heterocycles. The molecule has 100 valence electrons. The number of thiazole rings is 1. The van der Waals surface area contributed by atoms with Gasteiger partial charge in [0.25, 0.3) is 0 Å². The number of carboxylic acid groups (broad SMARTS) is 1. The molecule has 2 N–H and O–H groups in total. The van der Waals surface area contributed by atoms with Gasteiger partial charge in [-0.2, -0.15) is 0 Å². The van der Waals surface area contributed by atoms with Crippen LogP contribution in [0.3, 0.4) is 0 Å². The number of aromatic nitrogens is 1. The molecular weight excluding hydrogens is 268 g/mol. The normalized spacial score (nSPS) is 10.0. The molecule has 0 spiro atoms. The zero-order valence-corrected chi connectivity index (χ0v) is 11.2. The molecule has 0 amide bonds. The molecule has 0 radical (unpaired) electrons. The van der Waals surface area contributed by atoms with Crippen molar-refractivity contribution in [1.29, 1.82) is 0 Å². The topological polar surface area (TPSA) is 80.7 Å². The van der Waals surface area contributed by atoms with Crippen LogP contribution in [-0.4, -0.2) is 30.3 Å².